The highest BCUT2D eigenvalue weighted by atomic mass is 16.5. The summed E-state index contributed by atoms with van der Waals surface area (Å²) in [6.07, 6.45) is 1.11. The number of ether oxygens (including phenoxy) is 1. The number of methoxy groups -OCH3 is 1. The molecule has 2 unspecified atom stereocenters. The van der Waals surface area contributed by atoms with Gasteiger partial charge in [0.1, 0.15) is 5.75 Å². The molecule has 0 amide bonds. The smallest absolute Gasteiger partial charge is 0.119 e. The van der Waals surface area contributed by atoms with E-state index in [1.165, 1.54) is 11.1 Å². The molecule has 0 saturated carbocycles. The van der Waals surface area contributed by atoms with Crippen LogP contribution in [0.1, 0.15) is 44.9 Å². The van der Waals surface area contributed by atoms with Gasteiger partial charge >= 0.3 is 0 Å². The van der Waals surface area contributed by atoms with Gasteiger partial charge in [-0.1, -0.05) is 33.8 Å². The van der Waals surface area contributed by atoms with E-state index in [0.29, 0.717) is 17.5 Å². The van der Waals surface area contributed by atoms with Gasteiger partial charge in [-0.2, -0.15) is 0 Å². The highest BCUT2D eigenvalue weighted by molar-refractivity contribution is 5.42. The van der Waals surface area contributed by atoms with Crippen LogP contribution in [-0.2, 0) is 6.42 Å². The number of hydrogen-bond donors (Lipinski definition) is 1. The fraction of sp³-hybridized carbons (Fsp3) is 0.667. The van der Waals surface area contributed by atoms with E-state index in [9.17, 15) is 0 Å². The molecule has 118 valence electrons. The van der Waals surface area contributed by atoms with Crippen LogP contribution in [0.15, 0.2) is 18.2 Å². The molecule has 1 aromatic carbocycles. The summed E-state index contributed by atoms with van der Waals surface area (Å²) in [6, 6.07) is 7.42. The molecule has 0 aromatic heterocycles. The van der Waals surface area contributed by atoms with Crippen molar-refractivity contribution in [2.24, 2.45) is 5.41 Å². The second-order valence-electron chi connectivity index (χ2n) is 7.35. The van der Waals surface area contributed by atoms with Crippen LogP contribution in [0.25, 0.3) is 0 Å². The molecule has 0 heterocycles. The molecule has 3 nitrogen and oxygen atoms in total. The van der Waals surface area contributed by atoms with Gasteiger partial charge in [0, 0.05) is 18.6 Å². The molecule has 0 fully saturated rings. The summed E-state index contributed by atoms with van der Waals surface area (Å²) in [5.74, 6) is 0.954. The molecule has 2 atom stereocenters. The normalized spacial score (nSPS) is 21.7. The van der Waals surface area contributed by atoms with Crippen LogP contribution in [0.5, 0.6) is 5.75 Å². The van der Waals surface area contributed by atoms with Crippen molar-refractivity contribution < 1.29 is 4.74 Å². The van der Waals surface area contributed by atoms with E-state index in [4.69, 9.17) is 4.74 Å². The van der Waals surface area contributed by atoms with E-state index >= 15 is 0 Å². The molecule has 0 bridgehead atoms. The molecular weight excluding hydrogens is 260 g/mol. The van der Waals surface area contributed by atoms with Crippen molar-refractivity contribution in [2.45, 2.75) is 46.2 Å². The topological polar surface area (TPSA) is 24.5 Å². The number of nitrogens with one attached hydrogen (secondary N) is 1. The molecule has 3 heteroatoms. The van der Waals surface area contributed by atoms with Gasteiger partial charge in [-0.3, -0.25) is 0 Å². The first-order chi connectivity index (χ1) is 9.85. The molecule has 0 saturated heterocycles. The molecule has 1 aliphatic carbocycles. The largest absolute Gasteiger partial charge is 0.497 e. The zero-order chi connectivity index (χ0) is 15.6. The Bertz CT molecular complexity index is 479. The van der Waals surface area contributed by atoms with E-state index < -0.39 is 0 Å². The van der Waals surface area contributed by atoms with Gasteiger partial charge in [0.2, 0.25) is 0 Å². The third-order valence-electron chi connectivity index (χ3n) is 4.22. The lowest BCUT2D eigenvalue weighted by atomic mass is 9.94. The van der Waals surface area contributed by atoms with Crippen molar-refractivity contribution in [1.82, 2.24) is 10.2 Å². The Morgan fingerprint density at radius 2 is 2.05 bits per heavy atom. The van der Waals surface area contributed by atoms with Gasteiger partial charge in [-0.05, 0) is 48.7 Å². The first kappa shape index (κ1) is 16.3. The Morgan fingerprint density at radius 1 is 1.33 bits per heavy atom. The van der Waals surface area contributed by atoms with Gasteiger partial charge in [0.05, 0.1) is 7.11 Å². The standard InChI is InChI=1S/C18H30N2O/c1-7-19-17-15-11-14(21-6)9-8-13(15)10-16(17)20(5)12-18(2,3)4/h8-9,11,16-17,19H,7,10,12H2,1-6H3. The predicted molar refractivity (Wildman–Crippen MR) is 89.0 cm³/mol. The molecule has 1 N–H and O–H groups in total. The molecule has 1 aromatic rings. The van der Waals surface area contributed by atoms with Gasteiger partial charge in [-0.15, -0.1) is 0 Å². The Morgan fingerprint density at radius 3 is 2.62 bits per heavy atom. The molecule has 0 aliphatic heterocycles. The van der Waals surface area contributed by atoms with Crippen LogP contribution in [0.2, 0.25) is 0 Å². The summed E-state index contributed by atoms with van der Waals surface area (Å²) in [6.45, 7) is 11.2. The quantitative estimate of drug-likeness (QED) is 0.901. The minimum absolute atomic E-state index is 0.317. The number of rotatable bonds is 5. The Labute approximate surface area is 129 Å². The molecule has 2 rings (SSSR count). The van der Waals surface area contributed by atoms with Crippen molar-refractivity contribution >= 4 is 0 Å². The highest BCUT2D eigenvalue weighted by Gasteiger charge is 2.35. The van der Waals surface area contributed by atoms with E-state index in [1.54, 1.807) is 7.11 Å². The van der Waals surface area contributed by atoms with E-state index in [-0.39, 0.29) is 0 Å². The van der Waals surface area contributed by atoms with E-state index in [2.05, 4.69) is 63.2 Å². The second-order valence-corrected chi connectivity index (χ2v) is 7.35. The summed E-state index contributed by atoms with van der Waals surface area (Å²) >= 11 is 0. The minimum atomic E-state index is 0.317. The lowest BCUT2D eigenvalue weighted by molar-refractivity contribution is 0.149. The third kappa shape index (κ3) is 3.78. The van der Waals surface area contributed by atoms with Crippen molar-refractivity contribution in [3.8, 4) is 5.75 Å². The lowest BCUT2D eigenvalue weighted by Gasteiger charge is -2.35. The first-order valence-electron chi connectivity index (χ1n) is 7.96. The fourth-order valence-corrected chi connectivity index (χ4v) is 3.47. The molecule has 1 aliphatic rings. The Balaban J connectivity index is 2.24. The van der Waals surface area contributed by atoms with Crippen LogP contribution >= 0.6 is 0 Å². The zero-order valence-corrected chi connectivity index (χ0v) is 14.4. The Hall–Kier alpha value is -1.06. The van der Waals surface area contributed by atoms with E-state index in [0.717, 1.165) is 25.3 Å². The maximum atomic E-state index is 5.40. The highest BCUT2D eigenvalue weighted by Crippen LogP contribution is 2.37. The van der Waals surface area contributed by atoms with Crippen LogP contribution < -0.4 is 10.1 Å². The SMILES string of the molecule is CCNC1c2cc(OC)ccc2CC1N(C)CC(C)(C)C. The van der Waals surface area contributed by atoms with Crippen molar-refractivity contribution in [3.63, 3.8) is 0 Å². The number of benzene rings is 1. The van der Waals surface area contributed by atoms with Crippen LogP contribution in [0.3, 0.4) is 0 Å². The van der Waals surface area contributed by atoms with Gasteiger partial charge < -0.3 is 15.0 Å². The van der Waals surface area contributed by atoms with Crippen molar-refractivity contribution in [3.05, 3.63) is 29.3 Å². The number of hydrogen-bond acceptors (Lipinski definition) is 3. The minimum Gasteiger partial charge on any atom is -0.497 e. The summed E-state index contributed by atoms with van der Waals surface area (Å²) in [5, 5.41) is 3.67. The van der Waals surface area contributed by atoms with Gasteiger partial charge in [0.25, 0.3) is 0 Å². The predicted octanol–water partition coefficient (Wildman–Crippen LogP) is 3.25. The summed E-state index contributed by atoms with van der Waals surface area (Å²) in [4.78, 5) is 2.51. The summed E-state index contributed by atoms with van der Waals surface area (Å²) < 4.78 is 5.40. The van der Waals surface area contributed by atoms with Gasteiger partial charge in [-0.25, -0.2) is 0 Å². The maximum absolute atomic E-state index is 5.40. The van der Waals surface area contributed by atoms with Gasteiger partial charge in [0.15, 0.2) is 0 Å². The molecular formula is C18H30N2O. The van der Waals surface area contributed by atoms with Crippen LogP contribution in [0, 0.1) is 5.41 Å². The number of nitrogens with zero attached hydrogens (tertiary/aromatic N) is 1. The average Bonchev–Trinajstić information content (AvgIpc) is 2.75. The number of fused-ring (bicyclic) bond motifs is 1. The maximum Gasteiger partial charge on any atom is 0.119 e. The van der Waals surface area contributed by atoms with Crippen LogP contribution in [-0.4, -0.2) is 38.2 Å². The fourth-order valence-electron chi connectivity index (χ4n) is 3.47. The second kappa shape index (κ2) is 6.37. The molecule has 0 radical (unpaired) electrons. The lowest BCUT2D eigenvalue weighted by Crippen LogP contribution is -2.44. The van der Waals surface area contributed by atoms with E-state index in [1.807, 2.05) is 0 Å². The third-order valence-corrected chi connectivity index (χ3v) is 4.22. The molecule has 0 spiro atoms. The monoisotopic (exact) mass is 290 g/mol. The summed E-state index contributed by atoms with van der Waals surface area (Å²) in [5.41, 5.74) is 3.17. The number of likely N-dealkylation sites (N-methyl/N-ethyl adjacent to an activating group) is 2. The average molecular weight is 290 g/mol. The summed E-state index contributed by atoms with van der Waals surface area (Å²) in [7, 11) is 3.99. The zero-order valence-electron chi connectivity index (χ0n) is 14.4. The van der Waals surface area contributed by atoms with Crippen LogP contribution in [0.4, 0.5) is 0 Å². The van der Waals surface area contributed by atoms with Crippen molar-refractivity contribution in [2.75, 3.05) is 27.2 Å². The molecule has 21 heavy (non-hydrogen) atoms. The van der Waals surface area contributed by atoms with Crippen molar-refractivity contribution in [1.29, 1.82) is 0 Å². The first-order valence-corrected chi connectivity index (χ1v) is 7.96. The Kier molecular flexibility index (Phi) is 4.95.